The minimum atomic E-state index is -1.59. The van der Waals surface area contributed by atoms with Crippen molar-refractivity contribution in [3.8, 4) is 0 Å². The van der Waals surface area contributed by atoms with Crippen LogP contribution in [-0.4, -0.2) is 33.3 Å². The summed E-state index contributed by atoms with van der Waals surface area (Å²) in [4.78, 5) is 38.0. The first-order chi connectivity index (χ1) is 11.4. The average molecular weight is 323 g/mol. The van der Waals surface area contributed by atoms with Crippen molar-refractivity contribution in [1.82, 2.24) is 4.90 Å². The molecule has 3 rings (SSSR count). The average Bonchev–Trinajstić information content (AvgIpc) is 2.85. The van der Waals surface area contributed by atoms with Gasteiger partial charge in [0.05, 0.1) is 11.1 Å². The van der Waals surface area contributed by atoms with Crippen molar-refractivity contribution in [2.24, 2.45) is 0 Å². The Kier molecular flexibility index (Phi) is 3.93. The smallest absolute Gasteiger partial charge is 0.329 e. The Hall–Kier alpha value is -2.95. The van der Waals surface area contributed by atoms with Crippen LogP contribution < -0.4 is 0 Å². The second-order valence-corrected chi connectivity index (χ2v) is 6.06. The molecule has 5 heteroatoms. The second-order valence-electron chi connectivity index (χ2n) is 6.06. The highest BCUT2D eigenvalue weighted by Gasteiger charge is 2.50. The van der Waals surface area contributed by atoms with Crippen molar-refractivity contribution < 1.29 is 19.5 Å². The van der Waals surface area contributed by atoms with E-state index in [1.165, 1.54) is 6.92 Å². The Morgan fingerprint density at radius 1 is 0.958 bits per heavy atom. The maximum absolute atomic E-state index is 12.6. The van der Waals surface area contributed by atoms with Gasteiger partial charge in [-0.3, -0.25) is 14.5 Å². The largest absolute Gasteiger partial charge is 0.479 e. The van der Waals surface area contributed by atoms with Crippen molar-refractivity contribution in [1.29, 1.82) is 0 Å². The Morgan fingerprint density at radius 2 is 1.46 bits per heavy atom. The summed E-state index contributed by atoms with van der Waals surface area (Å²) in [6, 6.07) is 15.8. The van der Waals surface area contributed by atoms with Crippen LogP contribution in [0.1, 0.15) is 39.6 Å². The number of imide groups is 1. The van der Waals surface area contributed by atoms with E-state index >= 15 is 0 Å². The minimum Gasteiger partial charge on any atom is -0.479 e. The minimum absolute atomic E-state index is 0.151. The number of nitrogens with zero attached hydrogens (tertiary/aromatic N) is 1. The molecule has 0 aliphatic carbocycles. The van der Waals surface area contributed by atoms with Crippen molar-refractivity contribution in [3.05, 3.63) is 71.3 Å². The number of fused-ring (bicyclic) bond motifs is 1. The maximum Gasteiger partial charge on any atom is 0.329 e. The molecule has 0 bridgehead atoms. The molecule has 1 aliphatic rings. The van der Waals surface area contributed by atoms with Gasteiger partial charge in [-0.2, -0.15) is 0 Å². The number of benzene rings is 2. The van der Waals surface area contributed by atoms with Gasteiger partial charge in [0.2, 0.25) is 0 Å². The van der Waals surface area contributed by atoms with Crippen LogP contribution in [0.3, 0.4) is 0 Å². The molecule has 0 saturated carbocycles. The number of aliphatic carboxylic acids is 1. The lowest BCUT2D eigenvalue weighted by Gasteiger charge is -2.33. The second kappa shape index (κ2) is 5.92. The summed E-state index contributed by atoms with van der Waals surface area (Å²) in [5.41, 5.74) is -0.116. The van der Waals surface area contributed by atoms with Crippen LogP contribution in [-0.2, 0) is 11.2 Å². The first-order valence-electron chi connectivity index (χ1n) is 7.70. The van der Waals surface area contributed by atoms with Gasteiger partial charge in [-0.1, -0.05) is 42.5 Å². The lowest BCUT2D eigenvalue weighted by molar-refractivity contribution is -0.147. The summed E-state index contributed by atoms with van der Waals surface area (Å²) in [5.74, 6) is -2.28. The highest BCUT2D eigenvalue weighted by Crippen LogP contribution is 2.32. The van der Waals surface area contributed by atoms with Gasteiger partial charge in [-0.05, 0) is 37.5 Å². The zero-order chi connectivity index (χ0) is 17.3. The number of rotatable bonds is 5. The molecule has 0 radical (unpaired) electrons. The predicted molar refractivity (Wildman–Crippen MR) is 87.7 cm³/mol. The molecule has 122 valence electrons. The van der Waals surface area contributed by atoms with E-state index in [-0.39, 0.29) is 17.5 Å². The molecule has 1 unspecified atom stereocenters. The number of carbonyl (C=O) groups excluding carboxylic acids is 2. The van der Waals surface area contributed by atoms with Crippen molar-refractivity contribution in [2.75, 3.05) is 0 Å². The molecule has 1 atom stereocenters. The third-order valence-corrected chi connectivity index (χ3v) is 4.49. The van der Waals surface area contributed by atoms with Crippen molar-refractivity contribution in [3.63, 3.8) is 0 Å². The molecule has 5 nitrogen and oxygen atoms in total. The van der Waals surface area contributed by atoms with E-state index in [4.69, 9.17) is 0 Å². The van der Waals surface area contributed by atoms with Crippen LogP contribution in [0.15, 0.2) is 54.6 Å². The van der Waals surface area contributed by atoms with E-state index in [9.17, 15) is 19.5 Å². The molecular weight excluding hydrogens is 306 g/mol. The molecule has 0 aromatic heterocycles. The van der Waals surface area contributed by atoms with Gasteiger partial charge < -0.3 is 5.11 Å². The van der Waals surface area contributed by atoms with Gasteiger partial charge in [0.1, 0.15) is 5.54 Å². The topological polar surface area (TPSA) is 74.7 Å². The van der Waals surface area contributed by atoms with Gasteiger partial charge in [0.15, 0.2) is 0 Å². The van der Waals surface area contributed by atoms with Gasteiger partial charge >= 0.3 is 5.97 Å². The SMILES string of the molecule is CC(CCc1ccccc1)(C(=O)O)N1C(=O)c2ccccc2C1=O. The number of carboxylic acids is 1. The van der Waals surface area contributed by atoms with Gasteiger partial charge in [-0.25, -0.2) is 4.79 Å². The predicted octanol–water partition coefficient (Wildman–Crippen LogP) is 2.76. The van der Waals surface area contributed by atoms with Crippen LogP contribution in [0.5, 0.6) is 0 Å². The fraction of sp³-hybridized carbons (Fsp3) is 0.211. The van der Waals surface area contributed by atoms with Gasteiger partial charge in [0, 0.05) is 0 Å². The molecule has 1 heterocycles. The molecule has 0 spiro atoms. The van der Waals surface area contributed by atoms with E-state index in [2.05, 4.69) is 0 Å². The first-order valence-corrected chi connectivity index (χ1v) is 7.70. The quantitative estimate of drug-likeness (QED) is 0.859. The number of hydrogen-bond donors (Lipinski definition) is 1. The van der Waals surface area contributed by atoms with E-state index in [0.717, 1.165) is 10.5 Å². The summed E-state index contributed by atoms with van der Waals surface area (Å²) >= 11 is 0. The standard InChI is InChI=1S/C19H17NO4/c1-19(18(23)24,12-11-13-7-3-2-4-8-13)20-16(21)14-9-5-6-10-15(14)17(20)22/h2-10H,11-12H2,1H3,(H,23,24). The van der Waals surface area contributed by atoms with Crippen LogP contribution >= 0.6 is 0 Å². The van der Waals surface area contributed by atoms with Gasteiger partial charge in [0.25, 0.3) is 11.8 Å². The Labute approximate surface area is 139 Å². The summed E-state index contributed by atoms with van der Waals surface area (Å²) in [6.45, 7) is 1.43. The summed E-state index contributed by atoms with van der Waals surface area (Å²) in [5, 5.41) is 9.74. The highest BCUT2D eigenvalue weighted by molar-refractivity contribution is 6.23. The maximum atomic E-state index is 12.6. The zero-order valence-corrected chi connectivity index (χ0v) is 13.2. The summed E-state index contributed by atoms with van der Waals surface area (Å²) in [7, 11) is 0. The van der Waals surface area contributed by atoms with Crippen LogP contribution in [0.25, 0.3) is 0 Å². The molecule has 2 aromatic carbocycles. The summed E-state index contributed by atoms with van der Waals surface area (Å²) in [6.07, 6.45) is 0.606. The number of amides is 2. The molecule has 1 aliphatic heterocycles. The van der Waals surface area contributed by atoms with Crippen molar-refractivity contribution >= 4 is 17.8 Å². The molecule has 2 amide bonds. The van der Waals surface area contributed by atoms with Crippen LogP contribution in [0.2, 0.25) is 0 Å². The number of carbonyl (C=O) groups is 3. The first kappa shape index (κ1) is 15.9. The third kappa shape index (κ3) is 2.48. The lowest BCUT2D eigenvalue weighted by Crippen LogP contribution is -2.55. The van der Waals surface area contributed by atoms with Gasteiger partial charge in [-0.15, -0.1) is 0 Å². The Balaban J connectivity index is 1.93. The van der Waals surface area contributed by atoms with Crippen molar-refractivity contribution in [2.45, 2.75) is 25.3 Å². The normalized spacial score (nSPS) is 16.0. The Morgan fingerprint density at radius 3 is 1.96 bits per heavy atom. The molecule has 0 saturated heterocycles. The third-order valence-electron chi connectivity index (χ3n) is 4.49. The molecule has 24 heavy (non-hydrogen) atoms. The monoisotopic (exact) mass is 323 g/mol. The van der Waals surface area contributed by atoms with E-state index in [1.807, 2.05) is 30.3 Å². The molecule has 0 fully saturated rings. The Bertz CT molecular complexity index is 780. The lowest BCUT2D eigenvalue weighted by atomic mass is 9.91. The number of hydrogen-bond acceptors (Lipinski definition) is 3. The fourth-order valence-electron chi connectivity index (χ4n) is 2.98. The fourth-order valence-corrected chi connectivity index (χ4v) is 2.98. The molecule has 2 aromatic rings. The van der Waals surface area contributed by atoms with E-state index in [1.54, 1.807) is 24.3 Å². The number of carboxylic acid groups (broad SMARTS) is 1. The van der Waals surface area contributed by atoms with E-state index in [0.29, 0.717) is 6.42 Å². The highest BCUT2D eigenvalue weighted by atomic mass is 16.4. The zero-order valence-electron chi connectivity index (χ0n) is 13.2. The molecule has 1 N–H and O–H groups in total. The number of aryl methyl sites for hydroxylation is 1. The van der Waals surface area contributed by atoms with Crippen LogP contribution in [0, 0.1) is 0 Å². The van der Waals surface area contributed by atoms with E-state index < -0.39 is 23.3 Å². The molecular formula is C19H17NO4. The van der Waals surface area contributed by atoms with Crippen LogP contribution in [0.4, 0.5) is 0 Å². The summed E-state index contributed by atoms with van der Waals surface area (Å²) < 4.78 is 0.